The van der Waals surface area contributed by atoms with Crippen molar-refractivity contribution in [3.05, 3.63) is 41.1 Å². The number of amides is 1. The van der Waals surface area contributed by atoms with E-state index < -0.39 is 0 Å². The molecule has 100 valence electrons. The third-order valence-electron chi connectivity index (χ3n) is 3.00. The first-order valence-electron chi connectivity index (χ1n) is 6.22. The van der Waals surface area contributed by atoms with Crippen molar-refractivity contribution in [3.8, 4) is 0 Å². The van der Waals surface area contributed by atoms with Crippen molar-refractivity contribution >= 4 is 11.7 Å². The van der Waals surface area contributed by atoms with E-state index in [1.807, 2.05) is 38.1 Å². The minimum atomic E-state index is -0.140. The van der Waals surface area contributed by atoms with Crippen LogP contribution in [0.4, 0.5) is 5.82 Å². The Balaban J connectivity index is 1.96. The lowest BCUT2D eigenvalue weighted by atomic mass is 9.99. The highest BCUT2D eigenvalue weighted by molar-refractivity contribution is 5.91. The third-order valence-corrected chi connectivity index (χ3v) is 3.00. The first kappa shape index (κ1) is 13.3. The van der Waals surface area contributed by atoms with Gasteiger partial charge < -0.3 is 5.32 Å². The maximum Gasteiger partial charge on any atom is 0.228 e. The van der Waals surface area contributed by atoms with Crippen LogP contribution in [0.15, 0.2) is 28.9 Å². The predicted molar refractivity (Wildman–Crippen MR) is 71.7 cm³/mol. The number of aryl methyl sites for hydroxylation is 2. The predicted octanol–water partition coefficient (Wildman–Crippen LogP) is 2.50. The van der Waals surface area contributed by atoms with Crippen molar-refractivity contribution in [3.63, 3.8) is 0 Å². The van der Waals surface area contributed by atoms with E-state index in [4.69, 9.17) is 0 Å². The van der Waals surface area contributed by atoms with Crippen molar-refractivity contribution in [1.82, 2.24) is 10.3 Å². The Morgan fingerprint density at radius 2 is 1.95 bits per heavy atom. The molecule has 2 aromatic rings. The molecule has 1 aromatic carbocycles. The smallest absolute Gasteiger partial charge is 0.228 e. The van der Waals surface area contributed by atoms with E-state index >= 15 is 0 Å². The highest BCUT2D eigenvalue weighted by Crippen LogP contribution is 2.13. The van der Waals surface area contributed by atoms with E-state index in [9.17, 15) is 4.79 Å². The van der Waals surface area contributed by atoms with Crippen LogP contribution >= 0.6 is 0 Å². The maximum atomic E-state index is 12.0. The Labute approximate surface area is 112 Å². The van der Waals surface area contributed by atoms with E-state index in [0.717, 1.165) is 5.56 Å². The molecule has 1 N–H and O–H groups in total. The molecule has 0 aliphatic heterocycles. The zero-order chi connectivity index (χ0) is 13.8. The lowest BCUT2D eigenvalue weighted by Crippen LogP contribution is -2.22. The second kappa shape index (κ2) is 5.65. The van der Waals surface area contributed by atoms with Gasteiger partial charge >= 0.3 is 0 Å². The molecule has 5 heteroatoms. The number of nitrogens with zero attached hydrogens (tertiary/aromatic N) is 2. The standard InChI is InChI=1S/C14H17N3O2/c1-9-4-6-12(7-5-9)8-10(2)14(18)15-13-11(3)16-19-17-13/h4-7,10H,8H2,1-3H3,(H,15,17,18)/t10-/m0/s1. The van der Waals surface area contributed by atoms with Crippen LogP contribution < -0.4 is 5.32 Å². The maximum absolute atomic E-state index is 12.0. The number of benzene rings is 1. The average Bonchev–Trinajstić information content (AvgIpc) is 2.78. The first-order chi connectivity index (χ1) is 9.06. The lowest BCUT2D eigenvalue weighted by Gasteiger charge is -2.11. The molecule has 5 nitrogen and oxygen atoms in total. The summed E-state index contributed by atoms with van der Waals surface area (Å²) < 4.78 is 4.54. The van der Waals surface area contributed by atoms with Crippen LogP contribution in [0.3, 0.4) is 0 Å². The molecular formula is C14H17N3O2. The second-order valence-electron chi connectivity index (χ2n) is 4.78. The quantitative estimate of drug-likeness (QED) is 0.916. The van der Waals surface area contributed by atoms with Gasteiger partial charge in [0.2, 0.25) is 5.91 Å². The van der Waals surface area contributed by atoms with Crippen LogP contribution in [0.25, 0.3) is 0 Å². The fourth-order valence-electron chi connectivity index (χ4n) is 1.76. The van der Waals surface area contributed by atoms with Crippen molar-refractivity contribution in [1.29, 1.82) is 0 Å². The van der Waals surface area contributed by atoms with Crippen LogP contribution in [0.5, 0.6) is 0 Å². The molecule has 0 spiro atoms. The molecule has 0 bridgehead atoms. The summed E-state index contributed by atoms with van der Waals surface area (Å²) >= 11 is 0. The summed E-state index contributed by atoms with van der Waals surface area (Å²) in [4.78, 5) is 12.0. The fraction of sp³-hybridized carbons (Fsp3) is 0.357. The van der Waals surface area contributed by atoms with Crippen LogP contribution in [0.1, 0.15) is 23.7 Å². The molecule has 0 unspecified atom stereocenters. The van der Waals surface area contributed by atoms with Crippen molar-refractivity contribution in [2.45, 2.75) is 27.2 Å². The topological polar surface area (TPSA) is 68.0 Å². The largest absolute Gasteiger partial charge is 0.306 e. The van der Waals surface area contributed by atoms with Gasteiger partial charge in [0.25, 0.3) is 0 Å². The second-order valence-corrected chi connectivity index (χ2v) is 4.78. The summed E-state index contributed by atoms with van der Waals surface area (Å²) in [7, 11) is 0. The van der Waals surface area contributed by atoms with Gasteiger partial charge in [-0.15, -0.1) is 0 Å². The van der Waals surface area contributed by atoms with Gasteiger partial charge in [0.15, 0.2) is 5.82 Å². The van der Waals surface area contributed by atoms with Crippen LogP contribution in [0.2, 0.25) is 0 Å². The third kappa shape index (κ3) is 3.40. The van der Waals surface area contributed by atoms with E-state index in [1.165, 1.54) is 5.56 Å². The Bertz CT molecular complexity index is 560. The Morgan fingerprint density at radius 3 is 2.53 bits per heavy atom. The summed E-state index contributed by atoms with van der Waals surface area (Å²) in [5.74, 6) is 0.166. The molecule has 0 aliphatic rings. The van der Waals surface area contributed by atoms with E-state index in [-0.39, 0.29) is 11.8 Å². The Kier molecular flexibility index (Phi) is 3.94. The van der Waals surface area contributed by atoms with Crippen LogP contribution in [-0.4, -0.2) is 16.2 Å². The molecule has 19 heavy (non-hydrogen) atoms. The Morgan fingerprint density at radius 1 is 1.26 bits per heavy atom. The zero-order valence-electron chi connectivity index (χ0n) is 11.3. The first-order valence-corrected chi connectivity index (χ1v) is 6.22. The molecule has 2 rings (SSSR count). The van der Waals surface area contributed by atoms with Gasteiger partial charge in [-0.3, -0.25) is 4.79 Å². The molecule has 0 radical (unpaired) electrons. The summed E-state index contributed by atoms with van der Waals surface area (Å²) in [6.45, 7) is 5.66. The van der Waals surface area contributed by atoms with Crippen molar-refractivity contribution < 1.29 is 9.42 Å². The summed E-state index contributed by atoms with van der Waals surface area (Å²) in [5, 5.41) is 9.98. The van der Waals surface area contributed by atoms with Gasteiger partial charge in [0, 0.05) is 5.92 Å². The van der Waals surface area contributed by atoms with Gasteiger partial charge in [-0.2, -0.15) is 0 Å². The molecule has 0 saturated heterocycles. The molecule has 1 heterocycles. The fourth-order valence-corrected chi connectivity index (χ4v) is 1.76. The highest BCUT2D eigenvalue weighted by Gasteiger charge is 2.16. The van der Waals surface area contributed by atoms with Crippen LogP contribution in [0, 0.1) is 19.8 Å². The van der Waals surface area contributed by atoms with Gasteiger partial charge in [0.1, 0.15) is 5.69 Å². The number of nitrogens with one attached hydrogen (secondary N) is 1. The Hall–Kier alpha value is -2.17. The van der Waals surface area contributed by atoms with E-state index in [2.05, 4.69) is 20.3 Å². The number of aromatic nitrogens is 2. The average molecular weight is 259 g/mol. The lowest BCUT2D eigenvalue weighted by molar-refractivity contribution is -0.119. The normalized spacial score (nSPS) is 12.2. The summed E-state index contributed by atoms with van der Waals surface area (Å²) in [6.07, 6.45) is 0.691. The molecule has 1 atom stereocenters. The molecule has 1 aromatic heterocycles. The van der Waals surface area contributed by atoms with Gasteiger partial charge in [-0.05, 0) is 31.0 Å². The summed E-state index contributed by atoms with van der Waals surface area (Å²) in [6, 6.07) is 8.18. The molecule has 1 amide bonds. The molecular weight excluding hydrogens is 242 g/mol. The van der Waals surface area contributed by atoms with Gasteiger partial charge in [0.05, 0.1) is 0 Å². The van der Waals surface area contributed by atoms with Crippen molar-refractivity contribution in [2.75, 3.05) is 5.32 Å². The number of carbonyl (C=O) groups excluding carboxylic acids is 1. The minimum absolute atomic E-state index is 0.0839. The number of anilines is 1. The zero-order valence-corrected chi connectivity index (χ0v) is 11.3. The molecule has 0 aliphatic carbocycles. The number of rotatable bonds is 4. The van der Waals surface area contributed by atoms with E-state index in [0.29, 0.717) is 17.9 Å². The SMILES string of the molecule is Cc1ccc(C[C@H](C)C(=O)Nc2nonc2C)cc1. The van der Waals surface area contributed by atoms with Crippen LogP contribution in [-0.2, 0) is 11.2 Å². The monoisotopic (exact) mass is 259 g/mol. The highest BCUT2D eigenvalue weighted by atomic mass is 16.6. The molecule has 0 fully saturated rings. The minimum Gasteiger partial charge on any atom is -0.306 e. The summed E-state index contributed by atoms with van der Waals surface area (Å²) in [5.41, 5.74) is 2.93. The van der Waals surface area contributed by atoms with Gasteiger partial charge in [-0.25, -0.2) is 4.63 Å². The molecule has 0 saturated carbocycles. The number of carbonyl (C=O) groups is 1. The van der Waals surface area contributed by atoms with Crippen molar-refractivity contribution in [2.24, 2.45) is 5.92 Å². The van der Waals surface area contributed by atoms with E-state index in [1.54, 1.807) is 6.92 Å². The number of hydrogen-bond acceptors (Lipinski definition) is 4. The number of hydrogen-bond donors (Lipinski definition) is 1. The van der Waals surface area contributed by atoms with Gasteiger partial charge in [-0.1, -0.05) is 41.9 Å².